The van der Waals surface area contributed by atoms with E-state index in [0.717, 1.165) is 5.56 Å². The molecule has 0 aliphatic rings. The standard InChI is InChI=1S/C17H15N3O4/c1-11(17(21)22)16(12-5-3-2-4-6-12)19-10-18-14-9-13(20(23)24)7-8-15(14)19/h2-11,16H,1H3,(H,21,22)/t11?,16-/m1/s1. The van der Waals surface area contributed by atoms with E-state index in [1.54, 1.807) is 17.6 Å². The molecule has 1 N–H and O–H groups in total. The molecule has 7 heteroatoms. The molecule has 7 nitrogen and oxygen atoms in total. The largest absolute Gasteiger partial charge is 0.481 e. The number of hydrogen-bond acceptors (Lipinski definition) is 4. The summed E-state index contributed by atoms with van der Waals surface area (Å²) in [4.78, 5) is 26.2. The van der Waals surface area contributed by atoms with Crippen LogP contribution < -0.4 is 0 Å². The first-order chi connectivity index (χ1) is 11.5. The quantitative estimate of drug-likeness (QED) is 0.573. The number of imidazole rings is 1. The van der Waals surface area contributed by atoms with Gasteiger partial charge in [0, 0.05) is 12.1 Å². The zero-order valence-corrected chi connectivity index (χ0v) is 12.9. The molecule has 0 fully saturated rings. The van der Waals surface area contributed by atoms with Gasteiger partial charge in [0.2, 0.25) is 0 Å². The fourth-order valence-electron chi connectivity index (χ4n) is 2.83. The molecule has 0 radical (unpaired) electrons. The van der Waals surface area contributed by atoms with Gasteiger partial charge >= 0.3 is 5.97 Å². The molecule has 2 atom stereocenters. The Hall–Kier alpha value is -3.22. The first-order valence-electron chi connectivity index (χ1n) is 7.38. The van der Waals surface area contributed by atoms with Crippen molar-refractivity contribution >= 4 is 22.7 Å². The summed E-state index contributed by atoms with van der Waals surface area (Å²) in [5, 5.41) is 20.4. The number of fused-ring (bicyclic) bond motifs is 1. The van der Waals surface area contributed by atoms with Crippen LogP contribution in [0.2, 0.25) is 0 Å². The minimum Gasteiger partial charge on any atom is -0.481 e. The third-order valence-corrected chi connectivity index (χ3v) is 4.07. The third-order valence-electron chi connectivity index (χ3n) is 4.07. The Morgan fingerprint density at radius 3 is 2.58 bits per heavy atom. The lowest BCUT2D eigenvalue weighted by molar-refractivity contribution is -0.384. The second kappa shape index (κ2) is 6.11. The number of aromatic nitrogens is 2. The van der Waals surface area contributed by atoms with E-state index in [4.69, 9.17) is 0 Å². The maximum Gasteiger partial charge on any atom is 0.308 e. The molecule has 24 heavy (non-hydrogen) atoms. The average Bonchev–Trinajstić information content (AvgIpc) is 2.99. The number of nitro benzene ring substituents is 1. The number of hydrogen-bond donors (Lipinski definition) is 1. The predicted octanol–water partition coefficient (Wildman–Crippen LogP) is 3.25. The van der Waals surface area contributed by atoms with Gasteiger partial charge in [-0.05, 0) is 18.6 Å². The molecule has 0 saturated heterocycles. The highest BCUT2D eigenvalue weighted by molar-refractivity contribution is 5.79. The minimum absolute atomic E-state index is 0.0460. The van der Waals surface area contributed by atoms with Crippen LogP contribution in [0.3, 0.4) is 0 Å². The van der Waals surface area contributed by atoms with Gasteiger partial charge in [-0.15, -0.1) is 0 Å². The predicted molar refractivity (Wildman–Crippen MR) is 87.8 cm³/mol. The Balaban J connectivity index is 2.16. The number of carboxylic acid groups (broad SMARTS) is 1. The zero-order valence-electron chi connectivity index (χ0n) is 12.9. The summed E-state index contributed by atoms with van der Waals surface area (Å²) in [5.74, 6) is -1.62. The van der Waals surface area contributed by atoms with E-state index in [0.29, 0.717) is 11.0 Å². The topological polar surface area (TPSA) is 98.3 Å². The van der Waals surface area contributed by atoms with Crippen LogP contribution in [0.1, 0.15) is 18.5 Å². The average molecular weight is 325 g/mol. The van der Waals surface area contributed by atoms with Crippen molar-refractivity contribution in [1.82, 2.24) is 9.55 Å². The van der Waals surface area contributed by atoms with Gasteiger partial charge in [0.05, 0.1) is 34.2 Å². The molecule has 0 bridgehead atoms. The van der Waals surface area contributed by atoms with Gasteiger partial charge in [0.1, 0.15) is 0 Å². The summed E-state index contributed by atoms with van der Waals surface area (Å²) in [5.41, 5.74) is 1.91. The first-order valence-corrected chi connectivity index (χ1v) is 7.38. The SMILES string of the molecule is CC(C(=O)O)[C@H](c1ccccc1)n1cnc2cc([N+](=O)[O-])ccc21. The summed E-state index contributed by atoms with van der Waals surface area (Å²) in [6.07, 6.45) is 1.53. The van der Waals surface area contributed by atoms with Crippen molar-refractivity contribution < 1.29 is 14.8 Å². The van der Waals surface area contributed by atoms with Crippen molar-refractivity contribution in [2.45, 2.75) is 13.0 Å². The fraction of sp³-hybridized carbons (Fsp3) is 0.176. The van der Waals surface area contributed by atoms with Crippen LogP contribution in [-0.2, 0) is 4.79 Å². The normalized spacial score (nSPS) is 13.5. The van der Waals surface area contributed by atoms with Gasteiger partial charge < -0.3 is 9.67 Å². The van der Waals surface area contributed by atoms with E-state index in [1.165, 1.54) is 18.5 Å². The fourth-order valence-corrected chi connectivity index (χ4v) is 2.83. The Morgan fingerprint density at radius 1 is 1.25 bits per heavy atom. The number of non-ortho nitro benzene ring substituents is 1. The Morgan fingerprint density at radius 2 is 1.96 bits per heavy atom. The second-order valence-corrected chi connectivity index (χ2v) is 5.56. The van der Waals surface area contributed by atoms with Crippen LogP contribution >= 0.6 is 0 Å². The molecule has 1 aromatic heterocycles. The number of aliphatic carboxylic acids is 1. The van der Waals surface area contributed by atoms with E-state index in [2.05, 4.69) is 4.98 Å². The summed E-state index contributed by atoms with van der Waals surface area (Å²) in [7, 11) is 0. The second-order valence-electron chi connectivity index (χ2n) is 5.56. The van der Waals surface area contributed by atoms with E-state index in [1.807, 2.05) is 30.3 Å². The highest BCUT2D eigenvalue weighted by Crippen LogP contribution is 2.31. The van der Waals surface area contributed by atoms with E-state index < -0.39 is 22.9 Å². The molecule has 3 rings (SSSR count). The molecule has 0 amide bonds. The monoisotopic (exact) mass is 325 g/mol. The van der Waals surface area contributed by atoms with Gasteiger partial charge in [-0.3, -0.25) is 14.9 Å². The number of benzene rings is 2. The van der Waals surface area contributed by atoms with Crippen LogP contribution in [0, 0.1) is 16.0 Å². The molecule has 122 valence electrons. The first kappa shape index (κ1) is 15.7. The summed E-state index contributed by atoms with van der Waals surface area (Å²) < 4.78 is 1.76. The van der Waals surface area contributed by atoms with Crippen molar-refractivity contribution in [3.05, 3.63) is 70.5 Å². The number of carboxylic acids is 1. The van der Waals surface area contributed by atoms with Crippen molar-refractivity contribution in [2.75, 3.05) is 0 Å². The zero-order chi connectivity index (χ0) is 17.3. The van der Waals surface area contributed by atoms with E-state index in [9.17, 15) is 20.0 Å². The lowest BCUT2D eigenvalue weighted by Gasteiger charge is -2.23. The van der Waals surface area contributed by atoms with Crippen LogP contribution in [0.25, 0.3) is 11.0 Å². The van der Waals surface area contributed by atoms with Gasteiger partial charge in [0.15, 0.2) is 0 Å². The summed E-state index contributed by atoms with van der Waals surface area (Å²) in [6, 6.07) is 13.2. The highest BCUT2D eigenvalue weighted by Gasteiger charge is 2.28. The van der Waals surface area contributed by atoms with Crippen LogP contribution in [0.4, 0.5) is 5.69 Å². The lowest BCUT2D eigenvalue weighted by Crippen LogP contribution is -2.24. The molecule has 0 spiro atoms. The Bertz CT molecular complexity index is 905. The lowest BCUT2D eigenvalue weighted by atomic mass is 9.94. The van der Waals surface area contributed by atoms with Gasteiger partial charge in [-0.2, -0.15) is 0 Å². The van der Waals surface area contributed by atoms with Gasteiger partial charge in [-0.1, -0.05) is 30.3 Å². The third kappa shape index (κ3) is 2.71. The van der Waals surface area contributed by atoms with Crippen molar-refractivity contribution in [2.24, 2.45) is 5.92 Å². The number of nitrogens with zero attached hydrogens (tertiary/aromatic N) is 3. The molecule has 1 heterocycles. The summed E-state index contributed by atoms with van der Waals surface area (Å²) >= 11 is 0. The number of nitro groups is 1. The van der Waals surface area contributed by atoms with E-state index in [-0.39, 0.29) is 5.69 Å². The maximum absolute atomic E-state index is 11.6. The molecule has 2 aromatic carbocycles. The van der Waals surface area contributed by atoms with Crippen LogP contribution in [0.15, 0.2) is 54.9 Å². The summed E-state index contributed by atoms with van der Waals surface area (Å²) in [6.45, 7) is 1.64. The van der Waals surface area contributed by atoms with Gasteiger partial charge in [-0.25, -0.2) is 4.98 Å². The van der Waals surface area contributed by atoms with E-state index >= 15 is 0 Å². The Labute approximate surface area is 137 Å². The molecular weight excluding hydrogens is 310 g/mol. The van der Waals surface area contributed by atoms with Crippen LogP contribution in [-0.4, -0.2) is 25.6 Å². The molecular formula is C17H15N3O4. The van der Waals surface area contributed by atoms with Crippen molar-refractivity contribution in [3.63, 3.8) is 0 Å². The number of rotatable bonds is 5. The minimum atomic E-state index is -0.924. The smallest absolute Gasteiger partial charge is 0.308 e. The molecule has 0 aliphatic heterocycles. The van der Waals surface area contributed by atoms with Crippen LogP contribution in [0.5, 0.6) is 0 Å². The highest BCUT2D eigenvalue weighted by atomic mass is 16.6. The maximum atomic E-state index is 11.6. The van der Waals surface area contributed by atoms with Gasteiger partial charge in [0.25, 0.3) is 5.69 Å². The molecule has 1 unspecified atom stereocenters. The van der Waals surface area contributed by atoms with Crippen molar-refractivity contribution in [3.8, 4) is 0 Å². The molecule has 0 saturated carbocycles. The number of carbonyl (C=O) groups is 1. The Kier molecular flexibility index (Phi) is 3.99. The molecule has 0 aliphatic carbocycles. The van der Waals surface area contributed by atoms with Crippen molar-refractivity contribution in [1.29, 1.82) is 0 Å². The molecule has 3 aromatic rings.